The molecule has 0 radical (unpaired) electrons. The van der Waals surface area contributed by atoms with Crippen molar-refractivity contribution in [2.45, 2.75) is 32.6 Å². The van der Waals surface area contributed by atoms with Crippen molar-refractivity contribution in [2.75, 3.05) is 6.54 Å². The number of hydrogen-bond acceptors (Lipinski definition) is 4. The molecule has 0 saturated heterocycles. The summed E-state index contributed by atoms with van der Waals surface area (Å²) in [5, 5.41) is 8.40. The zero-order chi connectivity index (χ0) is 11.8. The summed E-state index contributed by atoms with van der Waals surface area (Å²) in [7, 11) is 0. The van der Waals surface area contributed by atoms with Crippen LogP contribution in [0.25, 0.3) is 5.65 Å². The molecule has 0 aliphatic rings. The molecule has 0 bridgehead atoms. The first-order chi connectivity index (χ1) is 7.60. The lowest BCUT2D eigenvalue weighted by molar-refractivity contribution is 0.433. The first kappa shape index (κ1) is 11.0. The second-order valence-corrected chi connectivity index (χ2v) is 4.40. The van der Waals surface area contributed by atoms with Crippen LogP contribution in [-0.2, 0) is 5.41 Å². The van der Waals surface area contributed by atoms with Crippen LogP contribution >= 0.6 is 0 Å². The topological polar surface area (TPSA) is 69.1 Å². The Hall–Kier alpha value is -1.49. The largest absolute Gasteiger partial charge is 0.329 e. The van der Waals surface area contributed by atoms with Gasteiger partial charge in [0.05, 0.1) is 0 Å². The molecule has 16 heavy (non-hydrogen) atoms. The number of hydrogen-bond donors (Lipinski definition) is 1. The number of aromatic nitrogens is 4. The molecule has 0 spiro atoms. The maximum absolute atomic E-state index is 5.83. The second kappa shape index (κ2) is 3.83. The maximum Gasteiger partial charge on any atom is 0.163 e. The molecular weight excluding hydrogens is 202 g/mol. The van der Waals surface area contributed by atoms with Crippen LogP contribution in [0.3, 0.4) is 0 Å². The number of rotatable bonds is 3. The van der Waals surface area contributed by atoms with Gasteiger partial charge in [-0.15, -0.1) is 10.2 Å². The third-order valence-electron chi connectivity index (χ3n) is 3.21. The van der Waals surface area contributed by atoms with Crippen molar-refractivity contribution in [2.24, 2.45) is 5.73 Å². The molecular formula is C11H17N5. The highest BCUT2D eigenvalue weighted by molar-refractivity contribution is 5.39. The van der Waals surface area contributed by atoms with Gasteiger partial charge < -0.3 is 5.73 Å². The van der Waals surface area contributed by atoms with Crippen molar-refractivity contribution >= 4 is 5.65 Å². The van der Waals surface area contributed by atoms with Gasteiger partial charge in [-0.3, -0.25) is 4.40 Å². The molecule has 86 valence electrons. The van der Waals surface area contributed by atoms with E-state index in [9.17, 15) is 0 Å². The van der Waals surface area contributed by atoms with E-state index in [0.717, 1.165) is 23.6 Å². The van der Waals surface area contributed by atoms with Gasteiger partial charge in [0.2, 0.25) is 0 Å². The Labute approximate surface area is 94.7 Å². The number of nitrogens with zero attached hydrogens (tertiary/aromatic N) is 4. The van der Waals surface area contributed by atoms with Gasteiger partial charge in [0.1, 0.15) is 12.2 Å². The van der Waals surface area contributed by atoms with Crippen LogP contribution in [0, 0.1) is 6.92 Å². The molecule has 0 fully saturated rings. The fourth-order valence-electron chi connectivity index (χ4n) is 1.69. The molecule has 2 N–H and O–H groups in total. The number of fused-ring (bicyclic) bond motifs is 1. The Balaban J connectivity index is 2.62. The van der Waals surface area contributed by atoms with Crippen molar-refractivity contribution in [3.63, 3.8) is 0 Å². The molecule has 0 aliphatic heterocycles. The van der Waals surface area contributed by atoms with E-state index in [1.807, 2.05) is 17.4 Å². The van der Waals surface area contributed by atoms with E-state index in [0.29, 0.717) is 6.54 Å². The zero-order valence-electron chi connectivity index (χ0n) is 9.94. The Bertz CT molecular complexity index is 498. The minimum Gasteiger partial charge on any atom is -0.329 e. The molecule has 0 aliphatic carbocycles. The minimum atomic E-state index is -0.143. The van der Waals surface area contributed by atoms with Crippen LogP contribution in [0.15, 0.2) is 12.4 Å². The summed E-state index contributed by atoms with van der Waals surface area (Å²) in [5.41, 5.74) is 7.46. The first-order valence-electron chi connectivity index (χ1n) is 5.48. The average molecular weight is 219 g/mol. The van der Waals surface area contributed by atoms with Gasteiger partial charge in [-0.2, -0.15) is 0 Å². The highest BCUT2D eigenvalue weighted by Crippen LogP contribution is 2.24. The lowest BCUT2D eigenvalue weighted by Gasteiger charge is -2.23. The summed E-state index contributed by atoms with van der Waals surface area (Å²) < 4.78 is 1.92. The fourth-order valence-corrected chi connectivity index (χ4v) is 1.69. The molecule has 5 nitrogen and oxygen atoms in total. The monoisotopic (exact) mass is 219 g/mol. The van der Waals surface area contributed by atoms with E-state index < -0.39 is 0 Å². The summed E-state index contributed by atoms with van der Waals surface area (Å²) >= 11 is 0. The van der Waals surface area contributed by atoms with Crippen LogP contribution in [-0.4, -0.2) is 26.1 Å². The maximum atomic E-state index is 5.83. The summed E-state index contributed by atoms with van der Waals surface area (Å²) in [6.45, 7) is 6.70. The Morgan fingerprint density at radius 1 is 1.44 bits per heavy atom. The standard InChI is InChI=1S/C11H17N5/c1-4-11(3,6-12)10-15-14-9-5-8(2)13-7-16(9)10/h5,7H,4,6,12H2,1-3H3. The van der Waals surface area contributed by atoms with E-state index in [1.165, 1.54) is 0 Å². The van der Waals surface area contributed by atoms with E-state index in [2.05, 4.69) is 29.0 Å². The molecule has 0 saturated carbocycles. The Kier molecular flexibility index (Phi) is 2.63. The van der Waals surface area contributed by atoms with Gasteiger partial charge in [-0.05, 0) is 13.3 Å². The predicted molar refractivity (Wildman–Crippen MR) is 62.2 cm³/mol. The number of nitrogens with two attached hydrogens (primary N) is 1. The van der Waals surface area contributed by atoms with E-state index in [1.54, 1.807) is 6.33 Å². The molecule has 2 aromatic rings. The van der Waals surface area contributed by atoms with Gasteiger partial charge in [0.15, 0.2) is 5.65 Å². The van der Waals surface area contributed by atoms with E-state index in [-0.39, 0.29) is 5.41 Å². The Morgan fingerprint density at radius 2 is 2.19 bits per heavy atom. The van der Waals surface area contributed by atoms with Crippen LogP contribution in [0.2, 0.25) is 0 Å². The van der Waals surface area contributed by atoms with Crippen LogP contribution in [0.5, 0.6) is 0 Å². The molecule has 0 aromatic carbocycles. The quantitative estimate of drug-likeness (QED) is 0.838. The summed E-state index contributed by atoms with van der Waals surface area (Å²) in [4.78, 5) is 4.26. The lowest BCUT2D eigenvalue weighted by Crippen LogP contribution is -2.33. The Morgan fingerprint density at radius 3 is 2.81 bits per heavy atom. The van der Waals surface area contributed by atoms with Gasteiger partial charge in [0.25, 0.3) is 0 Å². The molecule has 1 atom stereocenters. The van der Waals surface area contributed by atoms with Crippen LogP contribution < -0.4 is 5.73 Å². The van der Waals surface area contributed by atoms with Gasteiger partial charge >= 0.3 is 0 Å². The third kappa shape index (κ3) is 1.57. The normalized spacial score (nSPS) is 15.2. The van der Waals surface area contributed by atoms with Crippen molar-refractivity contribution in [3.8, 4) is 0 Å². The predicted octanol–water partition coefficient (Wildman–Crippen LogP) is 1.06. The highest BCUT2D eigenvalue weighted by Gasteiger charge is 2.28. The summed E-state index contributed by atoms with van der Waals surface area (Å²) in [6, 6.07) is 1.92. The van der Waals surface area contributed by atoms with Crippen molar-refractivity contribution < 1.29 is 0 Å². The molecule has 2 heterocycles. The van der Waals surface area contributed by atoms with Crippen molar-refractivity contribution in [1.29, 1.82) is 0 Å². The molecule has 2 rings (SSSR count). The smallest absolute Gasteiger partial charge is 0.163 e. The van der Waals surface area contributed by atoms with Gasteiger partial charge in [0, 0.05) is 23.7 Å². The average Bonchev–Trinajstić information content (AvgIpc) is 2.71. The highest BCUT2D eigenvalue weighted by atomic mass is 15.3. The molecule has 5 heteroatoms. The van der Waals surface area contributed by atoms with E-state index >= 15 is 0 Å². The van der Waals surface area contributed by atoms with E-state index in [4.69, 9.17) is 5.73 Å². The molecule has 1 unspecified atom stereocenters. The van der Waals surface area contributed by atoms with Crippen molar-refractivity contribution in [3.05, 3.63) is 23.9 Å². The minimum absolute atomic E-state index is 0.143. The third-order valence-corrected chi connectivity index (χ3v) is 3.21. The van der Waals surface area contributed by atoms with Crippen LogP contribution in [0.4, 0.5) is 0 Å². The second-order valence-electron chi connectivity index (χ2n) is 4.40. The fraction of sp³-hybridized carbons (Fsp3) is 0.545. The van der Waals surface area contributed by atoms with Gasteiger partial charge in [-0.25, -0.2) is 4.98 Å². The summed E-state index contributed by atoms with van der Waals surface area (Å²) in [5.74, 6) is 0.889. The van der Waals surface area contributed by atoms with Crippen molar-refractivity contribution in [1.82, 2.24) is 19.6 Å². The molecule has 2 aromatic heterocycles. The first-order valence-corrected chi connectivity index (χ1v) is 5.48. The lowest BCUT2D eigenvalue weighted by atomic mass is 9.87. The summed E-state index contributed by atoms with van der Waals surface area (Å²) in [6.07, 6.45) is 2.70. The zero-order valence-corrected chi connectivity index (χ0v) is 9.94. The van der Waals surface area contributed by atoms with Gasteiger partial charge in [-0.1, -0.05) is 13.8 Å². The van der Waals surface area contributed by atoms with Crippen LogP contribution in [0.1, 0.15) is 31.8 Å². The number of aryl methyl sites for hydroxylation is 1. The molecule has 0 amide bonds. The SMILES string of the molecule is CCC(C)(CN)c1nnc2cc(C)ncn12.